The van der Waals surface area contributed by atoms with E-state index in [4.69, 9.17) is 5.73 Å². The van der Waals surface area contributed by atoms with Gasteiger partial charge in [-0.2, -0.15) is 0 Å². The molecule has 0 aromatic carbocycles. The van der Waals surface area contributed by atoms with E-state index in [0.29, 0.717) is 0 Å². The number of likely N-dealkylation sites (tertiary alicyclic amines) is 1. The first-order valence-corrected chi connectivity index (χ1v) is 3.28. The monoisotopic (exact) mass is 114 g/mol. The van der Waals surface area contributed by atoms with Crippen LogP contribution in [0.5, 0.6) is 0 Å². The number of nitrogens with zero attached hydrogens (tertiary/aromatic N) is 1. The second kappa shape index (κ2) is 2.46. The van der Waals surface area contributed by atoms with Crippen LogP contribution in [0.2, 0.25) is 0 Å². The van der Waals surface area contributed by atoms with Crippen LogP contribution in [0.4, 0.5) is 0 Å². The standard InChI is InChI=1S/C6H14N2/c1-6-3-2-4-8(6)5-7/h6H,2-5,7H2,1H3. The van der Waals surface area contributed by atoms with Crippen molar-refractivity contribution < 1.29 is 0 Å². The van der Waals surface area contributed by atoms with Gasteiger partial charge >= 0.3 is 0 Å². The van der Waals surface area contributed by atoms with E-state index in [1.165, 1.54) is 19.4 Å². The lowest BCUT2D eigenvalue weighted by atomic mass is 10.2. The Labute approximate surface area is 50.7 Å². The third-order valence-corrected chi connectivity index (χ3v) is 1.93. The van der Waals surface area contributed by atoms with Gasteiger partial charge in [0.2, 0.25) is 0 Å². The molecule has 1 aliphatic heterocycles. The van der Waals surface area contributed by atoms with Gasteiger partial charge in [-0.15, -0.1) is 0 Å². The Morgan fingerprint density at radius 1 is 1.75 bits per heavy atom. The van der Waals surface area contributed by atoms with Crippen LogP contribution in [0.15, 0.2) is 0 Å². The molecule has 1 atom stereocenters. The normalized spacial score (nSPS) is 31.5. The molecule has 1 heterocycles. The van der Waals surface area contributed by atoms with Gasteiger partial charge < -0.3 is 5.73 Å². The molecular weight excluding hydrogens is 100 g/mol. The molecule has 2 heteroatoms. The van der Waals surface area contributed by atoms with E-state index in [1.54, 1.807) is 0 Å². The predicted molar refractivity (Wildman–Crippen MR) is 34.5 cm³/mol. The van der Waals surface area contributed by atoms with Crippen molar-refractivity contribution >= 4 is 0 Å². The van der Waals surface area contributed by atoms with Crippen molar-refractivity contribution in [1.82, 2.24) is 4.90 Å². The molecular formula is C6H14N2. The molecule has 0 aromatic rings. The van der Waals surface area contributed by atoms with Crippen LogP contribution in [-0.2, 0) is 0 Å². The summed E-state index contributed by atoms with van der Waals surface area (Å²) in [5.41, 5.74) is 5.45. The Bertz CT molecular complexity index is 72.9. The Hall–Kier alpha value is -0.0800. The van der Waals surface area contributed by atoms with Gasteiger partial charge in [0.25, 0.3) is 0 Å². The van der Waals surface area contributed by atoms with Gasteiger partial charge in [-0.1, -0.05) is 0 Å². The van der Waals surface area contributed by atoms with Crippen LogP contribution in [0.25, 0.3) is 0 Å². The topological polar surface area (TPSA) is 29.3 Å². The Balaban J connectivity index is 2.30. The van der Waals surface area contributed by atoms with Crippen molar-refractivity contribution in [3.05, 3.63) is 0 Å². The van der Waals surface area contributed by atoms with Gasteiger partial charge in [-0.25, -0.2) is 0 Å². The van der Waals surface area contributed by atoms with Crippen LogP contribution in [0.1, 0.15) is 19.8 Å². The minimum Gasteiger partial charge on any atom is -0.318 e. The summed E-state index contributed by atoms with van der Waals surface area (Å²) in [5, 5.41) is 0. The van der Waals surface area contributed by atoms with Crippen LogP contribution < -0.4 is 5.73 Å². The highest BCUT2D eigenvalue weighted by Gasteiger charge is 2.17. The second-order valence-electron chi connectivity index (χ2n) is 2.49. The third kappa shape index (κ3) is 1.01. The third-order valence-electron chi connectivity index (χ3n) is 1.93. The maximum atomic E-state index is 5.45. The van der Waals surface area contributed by atoms with Gasteiger partial charge in [0.1, 0.15) is 0 Å². The molecule has 0 amide bonds. The van der Waals surface area contributed by atoms with Gasteiger partial charge in [0.05, 0.1) is 0 Å². The van der Waals surface area contributed by atoms with Crippen LogP contribution >= 0.6 is 0 Å². The first-order valence-electron chi connectivity index (χ1n) is 3.28. The highest BCUT2D eigenvalue weighted by Crippen LogP contribution is 2.13. The van der Waals surface area contributed by atoms with E-state index in [1.807, 2.05) is 0 Å². The van der Waals surface area contributed by atoms with Crippen molar-refractivity contribution in [3.8, 4) is 0 Å². The summed E-state index contributed by atoms with van der Waals surface area (Å²) in [6.07, 6.45) is 2.66. The zero-order chi connectivity index (χ0) is 5.98. The summed E-state index contributed by atoms with van der Waals surface area (Å²) >= 11 is 0. The van der Waals surface area contributed by atoms with Crippen molar-refractivity contribution in [2.75, 3.05) is 13.2 Å². The van der Waals surface area contributed by atoms with E-state index in [2.05, 4.69) is 11.8 Å². The molecule has 0 bridgehead atoms. The smallest absolute Gasteiger partial charge is 0.0457 e. The predicted octanol–water partition coefficient (Wildman–Crippen LogP) is 0.387. The number of hydrogen-bond acceptors (Lipinski definition) is 2. The molecule has 1 rings (SSSR count). The molecule has 0 radical (unpaired) electrons. The first-order chi connectivity index (χ1) is 3.84. The summed E-state index contributed by atoms with van der Waals surface area (Å²) in [6, 6.07) is 0.736. The van der Waals surface area contributed by atoms with Gasteiger partial charge in [0.15, 0.2) is 0 Å². The molecule has 1 fully saturated rings. The lowest BCUT2D eigenvalue weighted by molar-refractivity contribution is 0.277. The molecule has 0 aromatic heterocycles. The van der Waals surface area contributed by atoms with E-state index < -0.39 is 0 Å². The highest BCUT2D eigenvalue weighted by molar-refractivity contribution is 4.72. The molecule has 1 saturated heterocycles. The lowest BCUT2D eigenvalue weighted by Gasteiger charge is -2.17. The summed E-state index contributed by atoms with van der Waals surface area (Å²) in [6.45, 7) is 4.18. The fraction of sp³-hybridized carbons (Fsp3) is 1.00. The van der Waals surface area contributed by atoms with E-state index in [9.17, 15) is 0 Å². The maximum Gasteiger partial charge on any atom is 0.0457 e. The SMILES string of the molecule is CC1CCCN1CN. The minimum absolute atomic E-state index is 0.736. The number of hydrogen-bond donors (Lipinski definition) is 1. The summed E-state index contributed by atoms with van der Waals surface area (Å²) < 4.78 is 0. The average molecular weight is 114 g/mol. The quantitative estimate of drug-likeness (QED) is 0.534. The number of rotatable bonds is 1. The molecule has 2 N–H and O–H groups in total. The number of nitrogens with two attached hydrogens (primary N) is 1. The molecule has 1 unspecified atom stereocenters. The fourth-order valence-electron chi connectivity index (χ4n) is 1.26. The minimum atomic E-state index is 0.736. The molecule has 0 saturated carbocycles. The van der Waals surface area contributed by atoms with Crippen molar-refractivity contribution in [1.29, 1.82) is 0 Å². The zero-order valence-electron chi connectivity index (χ0n) is 5.43. The van der Waals surface area contributed by atoms with Crippen LogP contribution in [-0.4, -0.2) is 24.2 Å². The van der Waals surface area contributed by atoms with Crippen molar-refractivity contribution in [2.45, 2.75) is 25.8 Å². The Kier molecular flexibility index (Phi) is 1.86. The van der Waals surface area contributed by atoms with Gasteiger partial charge in [-0.05, 0) is 26.3 Å². The average Bonchev–Trinajstić information content (AvgIpc) is 2.14. The van der Waals surface area contributed by atoms with E-state index in [0.717, 1.165) is 12.7 Å². The summed E-state index contributed by atoms with van der Waals surface area (Å²) in [4.78, 5) is 2.31. The first kappa shape index (κ1) is 6.05. The van der Waals surface area contributed by atoms with Gasteiger partial charge in [-0.3, -0.25) is 4.90 Å². The maximum absolute atomic E-state index is 5.45. The van der Waals surface area contributed by atoms with E-state index in [-0.39, 0.29) is 0 Å². The molecule has 2 nitrogen and oxygen atoms in total. The van der Waals surface area contributed by atoms with Crippen molar-refractivity contribution in [2.24, 2.45) is 5.73 Å². The second-order valence-corrected chi connectivity index (χ2v) is 2.49. The van der Waals surface area contributed by atoms with Gasteiger partial charge in [0, 0.05) is 12.7 Å². The Morgan fingerprint density at radius 2 is 2.50 bits per heavy atom. The Morgan fingerprint density at radius 3 is 2.75 bits per heavy atom. The summed E-state index contributed by atoms with van der Waals surface area (Å²) in [5.74, 6) is 0. The molecule has 0 spiro atoms. The van der Waals surface area contributed by atoms with E-state index >= 15 is 0 Å². The van der Waals surface area contributed by atoms with Crippen LogP contribution in [0, 0.1) is 0 Å². The summed E-state index contributed by atoms with van der Waals surface area (Å²) in [7, 11) is 0. The van der Waals surface area contributed by atoms with Crippen LogP contribution in [0.3, 0.4) is 0 Å². The zero-order valence-corrected chi connectivity index (χ0v) is 5.43. The highest BCUT2D eigenvalue weighted by atomic mass is 15.2. The van der Waals surface area contributed by atoms with Crippen molar-refractivity contribution in [3.63, 3.8) is 0 Å². The largest absolute Gasteiger partial charge is 0.318 e. The molecule has 48 valence electrons. The molecule has 1 aliphatic rings. The molecule has 8 heavy (non-hydrogen) atoms. The fourth-order valence-corrected chi connectivity index (χ4v) is 1.26. The molecule has 0 aliphatic carbocycles. The lowest BCUT2D eigenvalue weighted by Crippen LogP contribution is -2.32.